The Balaban J connectivity index is 2.63. The number of benzene rings is 1. The van der Waals surface area contributed by atoms with E-state index in [1.165, 1.54) is 0 Å². The van der Waals surface area contributed by atoms with Crippen LogP contribution in [-0.4, -0.2) is 12.5 Å². The number of nitrogens with two attached hydrogens (primary N) is 1. The Kier molecular flexibility index (Phi) is 2.00. The van der Waals surface area contributed by atoms with E-state index in [0.717, 1.165) is 5.56 Å². The summed E-state index contributed by atoms with van der Waals surface area (Å²) in [7, 11) is 0. The topological polar surface area (TPSA) is 64.3 Å². The zero-order chi connectivity index (χ0) is 10.3. The first-order chi connectivity index (χ1) is 6.59. The molecule has 0 unspecified atom stereocenters. The van der Waals surface area contributed by atoms with E-state index in [9.17, 15) is 4.79 Å². The maximum absolute atomic E-state index is 11.1. The van der Waals surface area contributed by atoms with E-state index < -0.39 is 0 Å². The first-order valence-electron chi connectivity index (χ1n) is 4.11. The number of anilines is 2. The van der Waals surface area contributed by atoms with Gasteiger partial charge in [0.25, 0.3) is 5.91 Å². The van der Waals surface area contributed by atoms with Crippen molar-refractivity contribution in [1.82, 2.24) is 0 Å². The van der Waals surface area contributed by atoms with Crippen LogP contribution in [0.4, 0.5) is 11.4 Å². The van der Waals surface area contributed by atoms with Crippen LogP contribution in [0.1, 0.15) is 5.56 Å². The number of nitrogen functional groups attached to an aromatic ring is 1. The van der Waals surface area contributed by atoms with Crippen molar-refractivity contribution in [1.29, 1.82) is 0 Å². The molecule has 1 aliphatic rings. The summed E-state index contributed by atoms with van der Waals surface area (Å²) in [6.45, 7) is 1.80. The first kappa shape index (κ1) is 9.15. The molecule has 0 atom stereocenters. The second kappa shape index (κ2) is 3.06. The van der Waals surface area contributed by atoms with Gasteiger partial charge in [-0.25, -0.2) is 0 Å². The smallest absolute Gasteiger partial charge is 0.262 e. The number of halogens is 1. The standard InChI is InChI=1S/C9H9ClN2O2/c1-4-6(11)2-5(10)9-8(4)12-7(13)3-14-9/h2H,3,11H2,1H3,(H,12,13). The number of carbonyl (C=O) groups is 1. The number of fused-ring (bicyclic) bond motifs is 1. The Bertz CT molecular complexity index is 418. The van der Waals surface area contributed by atoms with Crippen LogP contribution < -0.4 is 15.8 Å². The summed E-state index contributed by atoms with van der Waals surface area (Å²) in [5, 5.41) is 3.10. The molecule has 1 aliphatic heterocycles. The highest BCUT2D eigenvalue weighted by atomic mass is 35.5. The van der Waals surface area contributed by atoms with Gasteiger partial charge in [0.2, 0.25) is 0 Å². The van der Waals surface area contributed by atoms with Crippen LogP contribution in [-0.2, 0) is 4.79 Å². The van der Waals surface area contributed by atoms with E-state index in [-0.39, 0.29) is 12.5 Å². The van der Waals surface area contributed by atoms with E-state index in [2.05, 4.69) is 5.32 Å². The van der Waals surface area contributed by atoms with E-state index in [0.29, 0.717) is 22.1 Å². The molecule has 0 aliphatic carbocycles. The molecule has 2 rings (SSSR count). The summed E-state index contributed by atoms with van der Waals surface area (Å²) < 4.78 is 5.20. The molecule has 3 N–H and O–H groups in total. The highest BCUT2D eigenvalue weighted by Gasteiger charge is 2.21. The Labute approximate surface area is 86.0 Å². The van der Waals surface area contributed by atoms with Gasteiger partial charge in [0.15, 0.2) is 12.4 Å². The van der Waals surface area contributed by atoms with Crippen LogP contribution in [0.5, 0.6) is 5.75 Å². The van der Waals surface area contributed by atoms with Gasteiger partial charge in [-0.2, -0.15) is 0 Å². The molecule has 0 aromatic heterocycles. The Hall–Kier alpha value is -1.42. The molecule has 14 heavy (non-hydrogen) atoms. The van der Waals surface area contributed by atoms with Crippen LogP contribution in [0, 0.1) is 6.92 Å². The van der Waals surface area contributed by atoms with E-state index in [4.69, 9.17) is 22.1 Å². The average Bonchev–Trinajstić information content (AvgIpc) is 2.14. The van der Waals surface area contributed by atoms with Crippen LogP contribution in [0.25, 0.3) is 0 Å². The van der Waals surface area contributed by atoms with E-state index in [1.807, 2.05) is 0 Å². The van der Waals surface area contributed by atoms with Crippen LogP contribution in [0.3, 0.4) is 0 Å². The number of rotatable bonds is 0. The van der Waals surface area contributed by atoms with Crippen molar-refractivity contribution < 1.29 is 9.53 Å². The minimum absolute atomic E-state index is 0.00389. The third-order valence-electron chi connectivity index (χ3n) is 2.15. The van der Waals surface area contributed by atoms with Crippen molar-refractivity contribution in [2.75, 3.05) is 17.7 Å². The summed E-state index contributed by atoms with van der Waals surface area (Å²) in [5.74, 6) is 0.306. The minimum Gasteiger partial charge on any atom is -0.480 e. The van der Waals surface area contributed by atoms with E-state index >= 15 is 0 Å². The van der Waals surface area contributed by atoms with Crippen molar-refractivity contribution in [3.63, 3.8) is 0 Å². The highest BCUT2D eigenvalue weighted by molar-refractivity contribution is 6.33. The highest BCUT2D eigenvalue weighted by Crippen LogP contribution is 2.40. The number of nitrogens with one attached hydrogen (secondary N) is 1. The summed E-state index contributed by atoms with van der Waals surface area (Å²) in [6, 6.07) is 1.62. The van der Waals surface area contributed by atoms with Gasteiger partial charge in [0.1, 0.15) is 0 Å². The molecular formula is C9H9ClN2O2. The van der Waals surface area contributed by atoms with Gasteiger partial charge >= 0.3 is 0 Å². The fraction of sp³-hybridized carbons (Fsp3) is 0.222. The summed E-state index contributed by atoms with van der Waals surface area (Å²) in [5.41, 5.74) is 7.59. The number of carbonyl (C=O) groups excluding carboxylic acids is 1. The van der Waals surface area contributed by atoms with Crippen molar-refractivity contribution in [2.45, 2.75) is 6.92 Å². The van der Waals surface area contributed by atoms with Crippen molar-refractivity contribution in [3.05, 3.63) is 16.7 Å². The monoisotopic (exact) mass is 212 g/mol. The molecule has 0 fully saturated rings. The van der Waals surface area contributed by atoms with Crippen LogP contribution >= 0.6 is 11.6 Å². The lowest BCUT2D eigenvalue weighted by Crippen LogP contribution is -2.26. The fourth-order valence-corrected chi connectivity index (χ4v) is 1.62. The molecule has 1 amide bonds. The second-order valence-electron chi connectivity index (χ2n) is 3.11. The molecule has 5 heteroatoms. The molecule has 4 nitrogen and oxygen atoms in total. The van der Waals surface area contributed by atoms with Gasteiger partial charge < -0.3 is 15.8 Å². The lowest BCUT2D eigenvalue weighted by atomic mass is 10.1. The molecule has 0 bridgehead atoms. The maximum Gasteiger partial charge on any atom is 0.262 e. The zero-order valence-corrected chi connectivity index (χ0v) is 8.31. The second-order valence-corrected chi connectivity index (χ2v) is 3.52. The summed E-state index contributed by atoms with van der Waals surface area (Å²) in [4.78, 5) is 11.1. The van der Waals surface area contributed by atoms with Crippen molar-refractivity contribution >= 4 is 28.9 Å². The van der Waals surface area contributed by atoms with E-state index in [1.54, 1.807) is 13.0 Å². The number of hydrogen-bond donors (Lipinski definition) is 2. The fourth-order valence-electron chi connectivity index (χ4n) is 1.35. The Morgan fingerprint density at radius 2 is 2.36 bits per heavy atom. The van der Waals surface area contributed by atoms with Gasteiger partial charge in [-0.1, -0.05) is 11.6 Å². The third-order valence-corrected chi connectivity index (χ3v) is 2.43. The van der Waals surface area contributed by atoms with Gasteiger partial charge in [-0.15, -0.1) is 0 Å². The predicted octanol–water partition coefficient (Wildman–Crippen LogP) is 1.56. The van der Waals surface area contributed by atoms with Gasteiger partial charge in [0.05, 0.1) is 10.7 Å². The van der Waals surface area contributed by atoms with Crippen LogP contribution in [0.15, 0.2) is 6.07 Å². The minimum atomic E-state index is -0.192. The van der Waals surface area contributed by atoms with Gasteiger partial charge in [-0.3, -0.25) is 4.79 Å². The SMILES string of the molecule is Cc1c(N)cc(Cl)c2c1NC(=O)CO2. The molecule has 0 radical (unpaired) electrons. The number of ether oxygens (including phenoxy) is 1. The normalized spacial score (nSPS) is 14.3. The maximum atomic E-state index is 11.1. The van der Waals surface area contributed by atoms with Crippen LogP contribution in [0.2, 0.25) is 5.02 Å². The molecular weight excluding hydrogens is 204 g/mol. The molecule has 1 aromatic rings. The summed E-state index contributed by atoms with van der Waals surface area (Å²) >= 11 is 5.91. The summed E-state index contributed by atoms with van der Waals surface area (Å²) in [6.07, 6.45) is 0. The molecule has 0 spiro atoms. The number of hydrogen-bond acceptors (Lipinski definition) is 3. The van der Waals surface area contributed by atoms with Gasteiger partial charge in [0, 0.05) is 5.69 Å². The van der Waals surface area contributed by atoms with Crippen molar-refractivity contribution in [3.8, 4) is 5.75 Å². The average molecular weight is 213 g/mol. The Morgan fingerprint density at radius 1 is 1.64 bits per heavy atom. The lowest BCUT2D eigenvalue weighted by Gasteiger charge is -2.21. The molecule has 0 saturated carbocycles. The lowest BCUT2D eigenvalue weighted by molar-refractivity contribution is -0.118. The molecule has 0 saturated heterocycles. The van der Waals surface area contributed by atoms with Crippen molar-refractivity contribution in [2.24, 2.45) is 0 Å². The molecule has 1 aromatic carbocycles. The first-order valence-corrected chi connectivity index (χ1v) is 4.48. The quantitative estimate of drug-likeness (QED) is 0.642. The molecule has 74 valence electrons. The Morgan fingerprint density at radius 3 is 3.07 bits per heavy atom. The third kappa shape index (κ3) is 1.28. The molecule has 1 heterocycles. The zero-order valence-electron chi connectivity index (χ0n) is 7.56. The largest absolute Gasteiger partial charge is 0.480 e. The predicted molar refractivity (Wildman–Crippen MR) is 54.7 cm³/mol. The van der Waals surface area contributed by atoms with Gasteiger partial charge in [-0.05, 0) is 18.6 Å². The number of amides is 1.